The summed E-state index contributed by atoms with van der Waals surface area (Å²) in [4.78, 5) is 10.0. The number of carboxylic acids is 1. The molecule has 0 atom stereocenters. The maximum absolute atomic E-state index is 11.5. The molecule has 0 aromatic carbocycles. The SMILES string of the molecule is CC/C(=C\C(F)(F)F)C(=O)O.Cl. The molecule has 0 aliphatic heterocycles. The van der Waals surface area contributed by atoms with Gasteiger partial charge >= 0.3 is 12.1 Å². The smallest absolute Gasteiger partial charge is 0.410 e. The molecule has 0 radical (unpaired) electrons. The first kappa shape index (κ1) is 13.9. The van der Waals surface area contributed by atoms with Crippen LogP contribution in [0.3, 0.4) is 0 Å². The summed E-state index contributed by atoms with van der Waals surface area (Å²) in [6.07, 6.45) is -4.87. The van der Waals surface area contributed by atoms with Crippen molar-refractivity contribution in [3.05, 3.63) is 11.6 Å². The standard InChI is InChI=1S/C6H7F3O2.ClH/c1-2-4(5(10)11)3-6(7,8)9;/h3H,2H2,1H3,(H,10,11);1H/b4-3+;. The fraction of sp³-hybridized carbons (Fsp3) is 0.500. The Balaban J connectivity index is 0. The second-order valence-electron chi connectivity index (χ2n) is 1.87. The van der Waals surface area contributed by atoms with Crippen LogP contribution in [0.4, 0.5) is 13.2 Å². The van der Waals surface area contributed by atoms with Gasteiger partial charge in [0.15, 0.2) is 0 Å². The van der Waals surface area contributed by atoms with Crippen LogP contribution >= 0.6 is 12.4 Å². The molecule has 6 heteroatoms. The number of hydrogen-bond donors (Lipinski definition) is 1. The summed E-state index contributed by atoms with van der Waals surface area (Å²) in [5.74, 6) is -1.52. The fourth-order valence-electron chi connectivity index (χ4n) is 0.513. The number of aliphatic carboxylic acids is 1. The topological polar surface area (TPSA) is 37.3 Å². The minimum absolute atomic E-state index is 0. The van der Waals surface area contributed by atoms with Gasteiger partial charge in [0.2, 0.25) is 0 Å². The van der Waals surface area contributed by atoms with Crippen LogP contribution in [0.15, 0.2) is 11.6 Å². The molecule has 0 unspecified atom stereocenters. The van der Waals surface area contributed by atoms with Gasteiger partial charge in [-0.2, -0.15) is 13.2 Å². The van der Waals surface area contributed by atoms with Crippen LogP contribution < -0.4 is 0 Å². The van der Waals surface area contributed by atoms with Gasteiger partial charge in [-0.3, -0.25) is 0 Å². The first-order valence-corrected chi connectivity index (χ1v) is 2.88. The lowest BCUT2D eigenvalue weighted by molar-refractivity contribution is -0.133. The van der Waals surface area contributed by atoms with Crippen molar-refractivity contribution in [2.75, 3.05) is 0 Å². The molecule has 0 spiro atoms. The monoisotopic (exact) mass is 204 g/mol. The van der Waals surface area contributed by atoms with Crippen molar-refractivity contribution >= 4 is 18.4 Å². The van der Waals surface area contributed by atoms with E-state index >= 15 is 0 Å². The summed E-state index contributed by atoms with van der Waals surface area (Å²) in [6, 6.07) is 0. The van der Waals surface area contributed by atoms with Gasteiger partial charge < -0.3 is 5.11 Å². The van der Waals surface area contributed by atoms with Crippen LogP contribution in [-0.4, -0.2) is 17.3 Å². The predicted molar refractivity (Wildman–Crippen MR) is 39.3 cm³/mol. The van der Waals surface area contributed by atoms with E-state index in [0.717, 1.165) is 0 Å². The molecule has 0 rings (SSSR count). The highest BCUT2D eigenvalue weighted by molar-refractivity contribution is 5.86. The normalized spacial score (nSPS) is 12.2. The first-order valence-electron chi connectivity index (χ1n) is 2.88. The molecule has 0 saturated heterocycles. The van der Waals surface area contributed by atoms with Crippen molar-refractivity contribution in [2.45, 2.75) is 19.5 Å². The van der Waals surface area contributed by atoms with Gasteiger partial charge in [0.25, 0.3) is 0 Å². The van der Waals surface area contributed by atoms with Crippen LogP contribution in [-0.2, 0) is 4.79 Å². The van der Waals surface area contributed by atoms with Gasteiger partial charge in [0, 0.05) is 11.6 Å². The average Bonchev–Trinajstić information content (AvgIpc) is 1.80. The minimum Gasteiger partial charge on any atom is -0.478 e. The molecule has 12 heavy (non-hydrogen) atoms. The number of hydrogen-bond acceptors (Lipinski definition) is 1. The molecule has 0 bridgehead atoms. The minimum atomic E-state index is -4.54. The van der Waals surface area contributed by atoms with Gasteiger partial charge in [-0.05, 0) is 6.42 Å². The lowest BCUT2D eigenvalue weighted by Gasteiger charge is -2.01. The summed E-state index contributed by atoms with van der Waals surface area (Å²) >= 11 is 0. The number of rotatable bonds is 2. The van der Waals surface area contributed by atoms with Crippen molar-refractivity contribution < 1.29 is 23.1 Å². The predicted octanol–water partition coefficient (Wildman–Crippen LogP) is 2.39. The molecule has 0 fully saturated rings. The van der Waals surface area contributed by atoms with E-state index in [1.165, 1.54) is 6.92 Å². The highest BCUT2D eigenvalue weighted by Gasteiger charge is 2.25. The second-order valence-corrected chi connectivity index (χ2v) is 1.87. The van der Waals surface area contributed by atoms with Gasteiger partial charge in [-0.1, -0.05) is 6.92 Å². The van der Waals surface area contributed by atoms with Gasteiger partial charge in [-0.15, -0.1) is 12.4 Å². The third-order valence-electron chi connectivity index (χ3n) is 0.993. The molecule has 0 saturated carbocycles. The summed E-state index contributed by atoms with van der Waals surface area (Å²) in [5, 5.41) is 8.17. The van der Waals surface area contributed by atoms with Crippen molar-refractivity contribution in [1.29, 1.82) is 0 Å². The van der Waals surface area contributed by atoms with Crippen molar-refractivity contribution in [2.24, 2.45) is 0 Å². The quantitative estimate of drug-likeness (QED) is 0.702. The van der Waals surface area contributed by atoms with E-state index in [4.69, 9.17) is 5.11 Å². The Kier molecular flexibility index (Phi) is 5.80. The maximum Gasteiger partial charge on any atom is 0.410 e. The van der Waals surface area contributed by atoms with E-state index < -0.39 is 17.7 Å². The molecular weight excluding hydrogens is 197 g/mol. The summed E-state index contributed by atoms with van der Waals surface area (Å²) in [7, 11) is 0. The zero-order valence-corrected chi connectivity index (χ0v) is 7.00. The van der Waals surface area contributed by atoms with Crippen molar-refractivity contribution in [3.8, 4) is 0 Å². The summed E-state index contributed by atoms with van der Waals surface area (Å²) in [5.41, 5.74) is -0.627. The Morgan fingerprint density at radius 3 is 2.00 bits per heavy atom. The van der Waals surface area contributed by atoms with E-state index in [1.54, 1.807) is 0 Å². The highest BCUT2D eigenvalue weighted by Crippen LogP contribution is 2.19. The van der Waals surface area contributed by atoms with Crippen LogP contribution in [0.25, 0.3) is 0 Å². The highest BCUT2D eigenvalue weighted by atomic mass is 35.5. The Morgan fingerprint density at radius 2 is 1.92 bits per heavy atom. The molecule has 2 nitrogen and oxygen atoms in total. The van der Waals surface area contributed by atoms with Crippen molar-refractivity contribution in [1.82, 2.24) is 0 Å². The summed E-state index contributed by atoms with van der Waals surface area (Å²) < 4.78 is 34.5. The van der Waals surface area contributed by atoms with E-state index in [2.05, 4.69) is 0 Å². The number of carboxylic acid groups (broad SMARTS) is 1. The van der Waals surface area contributed by atoms with Gasteiger partial charge in [0.1, 0.15) is 0 Å². The number of carbonyl (C=O) groups is 1. The van der Waals surface area contributed by atoms with E-state index in [1.807, 2.05) is 0 Å². The number of alkyl halides is 3. The molecular formula is C6H8ClF3O2. The fourth-order valence-corrected chi connectivity index (χ4v) is 0.513. The van der Waals surface area contributed by atoms with Gasteiger partial charge in [-0.25, -0.2) is 4.79 Å². The first-order chi connectivity index (χ1) is 4.87. The summed E-state index contributed by atoms with van der Waals surface area (Å²) in [6.45, 7) is 1.35. The largest absolute Gasteiger partial charge is 0.478 e. The zero-order chi connectivity index (χ0) is 9.07. The second kappa shape index (κ2) is 5.03. The third kappa shape index (κ3) is 6.03. The lowest BCUT2D eigenvalue weighted by Crippen LogP contribution is -2.08. The molecule has 0 amide bonds. The molecule has 1 N–H and O–H groups in total. The average molecular weight is 205 g/mol. The molecule has 0 aliphatic carbocycles. The van der Waals surface area contributed by atoms with Crippen molar-refractivity contribution in [3.63, 3.8) is 0 Å². The molecule has 0 aromatic heterocycles. The van der Waals surface area contributed by atoms with E-state index in [-0.39, 0.29) is 24.9 Å². The molecule has 0 aliphatic rings. The molecule has 0 aromatic rings. The Hall–Kier alpha value is -0.710. The van der Waals surface area contributed by atoms with E-state index in [0.29, 0.717) is 0 Å². The molecule has 0 heterocycles. The number of halogens is 4. The van der Waals surface area contributed by atoms with Crippen LogP contribution in [0, 0.1) is 0 Å². The van der Waals surface area contributed by atoms with Gasteiger partial charge in [0.05, 0.1) is 0 Å². The Labute approximate surface area is 73.5 Å². The Bertz CT molecular complexity index is 186. The zero-order valence-electron chi connectivity index (χ0n) is 6.18. The third-order valence-corrected chi connectivity index (χ3v) is 0.993. The molecule has 72 valence electrons. The van der Waals surface area contributed by atoms with E-state index in [9.17, 15) is 18.0 Å². The van der Waals surface area contributed by atoms with Crippen LogP contribution in [0.2, 0.25) is 0 Å². The Morgan fingerprint density at radius 1 is 1.50 bits per heavy atom. The number of allylic oxidation sites excluding steroid dienone is 1. The van der Waals surface area contributed by atoms with Crippen LogP contribution in [0.1, 0.15) is 13.3 Å². The maximum atomic E-state index is 11.5. The lowest BCUT2D eigenvalue weighted by atomic mass is 10.2. The van der Waals surface area contributed by atoms with Crippen LogP contribution in [0.5, 0.6) is 0 Å².